The van der Waals surface area contributed by atoms with Crippen molar-refractivity contribution in [2.45, 2.75) is 50.9 Å². The lowest BCUT2D eigenvalue weighted by Crippen LogP contribution is -2.44. The van der Waals surface area contributed by atoms with E-state index in [0.29, 0.717) is 48.3 Å². The fraction of sp³-hybridized carbons (Fsp3) is 0.450. The van der Waals surface area contributed by atoms with E-state index in [4.69, 9.17) is 23.2 Å². The van der Waals surface area contributed by atoms with Gasteiger partial charge in [0, 0.05) is 18.8 Å². The van der Waals surface area contributed by atoms with Crippen molar-refractivity contribution in [2.75, 3.05) is 11.9 Å². The van der Waals surface area contributed by atoms with Gasteiger partial charge in [0.05, 0.1) is 34.4 Å². The molecule has 2 aromatic rings. The zero-order valence-electron chi connectivity index (χ0n) is 16.0. The Balaban J connectivity index is 1.39. The number of anilines is 1. The Morgan fingerprint density at radius 1 is 1.31 bits per heavy atom. The number of hydrogen-bond acceptors (Lipinski definition) is 5. The van der Waals surface area contributed by atoms with Crippen LogP contribution in [-0.4, -0.2) is 44.7 Å². The number of halogens is 2. The summed E-state index contributed by atoms with van der Waals surface area (Å²) in [6, 6.07) is 5.20. The van der Waals surface area contributed by atoms with Crippen molar-refractivity contribution in [3.8, 4) is 0 Å². The molecule has 1 atom stereocenters. The quantitative estimate of drug-likeness (QED) is 0.682. The zero-order valence-corrected chi connectivity index (χ0v) is 17.5. The second-order valence-electron chi connectivity index (χ2n) is 7.65. The Labute approximate surface area is 179 Å². The van der Waals surface area contributed by atoms with Gasteiger partial charge in [-0.3, -0.25) is 0 Å². The molecule has 0 unspecified atom stereocenters. The van der Waals surface area contributed by atoms with Crippen LogP contribution in [0.5, 0.6) is 0 Å². The molecule has 0 saturated heterocycles. The predicted octanol–water partition coefficient (Wildman–Crippen LogP) is 3.55. The standard InChI is InChI=1S/C20H23Cl2N5O2/c1-11(12-2-3-16(21)17(22)6-12)24-20(29)27-5-4-13-9-23-19(26-18(13)10-27)25-14-7-15(28)8-14/h2-3,6,9,11,14-15,28H,4-5,7-8,10H2,1H3,(H,24,29)(H,23,25,26)/t11-,14?,15?/m1/s1. The highest BCUT2D eigenvalue weighted by Crippen LogP contribution is 2.26. The van der Waals surface area contributed by atoms with E-state index >= 15 is 0 Å². The molecule has 0 spiro atoms. The van der Waals surface area contributed by atoms with Crippen LogP contribution in [0.4, 0.5) is 10.7 Å². The largest absolute Gasteiger partial charge is 0.393 e. The fourth-order valence-corrected chi connectivity index (χ4v) is 3.88. The maximum Gasteiger partial charge on any atom is 0.318 e. The van der Waals surface area contributed by atoms with Crippen molar-refractivity contribution in [1.29, 1.82) is 0 Å². The van der Waals surface area contributed by atoms with Crippen LogP contribution in [0.25, 0.3) is 0 Å². The van der Waals surface area contributed by atoms with Gasteiger partial charge >= 0.3 is 6.03 Å². The van der Waals surface area contributed by atoms with E-state index < -0.39 is 0 Å². The summed E-state index contributed by atoms with van der Waals surface area (Å²) in [5.41, 5.74) is 2.80. The van der Waals surface area contributed by atoms with Crippen molar-refractivity contribution < 1.29 is 9.90 Å². The number of fused-ring (bicyclic) bond motifs is 1. The molecule has 1 fully saturated rings. The molecule has 3 N–H and O–H groups in total. The van der Waals surface area contributed by atoms with E-state index in [2.05, 4.69) is 20.6 Å². The molecule has 29 heavy (non-hydrogen) atoms. The number of urea groups is 1. The zero-order chi connectivity index (χ0) is 20.5. The van der Waals surface area contributed by atoms with Crippen molar-refractivity contribution >= 4 is 35.2 Å². The third-order valence-corrected chi connectivity index (χ3v) is 6.20. The Bertz CT molecular complexity index is 920. The first-order valence-corrected chi connectivity index (χ1v) is 10.4. The minimum atomic E-state index is -0.234. The molecule has 2 aliphatic rings. The van der Waals surface area contributed by atoms with E-state index in [1.165, 1.54) is 0 Å². The number of benzene rings is 1. The summed E-state index contributed by atoms with van der Waals surface area (Å²) in [5, 5.41) is 16.6. The number of aromatic nitrogens is 2. The van der Waals surface area contributed by atoms with Gasteiger partial charge in [0.15, 0.2) is 0 Å². The van der Waals surface area contributed by atoms with Gasteiger partial charge in [-0.05, 0) is 49.4 Å². The Morgan fingerprint density at radius 2 is 2.10 bits per heavy atom. The summed E-state index contributed by atoms with van der Waals surface area (Å²) < 4.78 is 0. The van der Waals surface area contributed by atoms with Gasteiger partial charge in [-0.15, -0.1) is 0 Å². The van der Waals surface area contributed by atoms with Crippen LogP contribution >= 0.6 is 23.2 Å². The molecule has 0 bridgehead atoms. The van der Waals surface area contributed by atoms with Crippen LogP contribution in [0, 0.1) is 0 Å². The molecule has 1 aliphatic heterocycles. The molecular weight excluding hydrogens is 413 g/mol. The Hall–Kier alpha value is -2.09. The minimum Gasteiger partial charge on any atom is -0.393 e. The van der Waals surface area contributed by atoms with Gasteiger partial charge in [-0.25, -0.2) is 14.8 Å². The Kier molecular flexibility index (Phi) is 5.81. The second kappa shape index (κ2) is 8.34. The molecular formula is C20H23Cl2N5O2. The molecule has 4 rings (SSSR count). The van der Waals surface area contributed by atoms with E-state index in [1.54, 1.807) is 17.0 Å². The SMILES string of the molecule is C[C@@H](NC(=O)N1CCc2cnc(NC3CC(O)C3)nc2C1)c1ccc(Cl)c(Cl)c1. The first kappa shape index (κ1) is 20.2. The van der Waals surface area contributed by atoms with E-state index in [0.717, 1.165) is 16.8 Å². The second-order valence-corrected chi connectivity index (χ2v) is 8.46. The molecule has 1 aromatic carbocycles. The highest BCUT2D eigenvalue weighted by atomic mass is 35.5. The van der Waals surface area contributed by atoms with Gasteiger partial charge in [0.1, 0.15) is 0 Å². The fourth-order valence-electron chi connectivity index (χ4n) is 3.58. The Morgan fingerprint density at radius 3 is 2.83 bits per heavy atom. The van der Waals surface area contributed by atoms with Crippen LogP contribution < -0.4 is 10.6 Å². The minimum absolute atomic E-state index is 0.149. The summed E-state index contributed by atoms with van der Waals surface area (Å²) in [6.07, 6.45) is 3.73. The van der Waals surface area contributed by atoms with Crippen LogP contribution in [-0.2, 0) is 13.0 Å². The molecule has 1 saturated carbocycles. The van der Waals surface area contributed by atoms with Crippen molar-refractivity contribution in [3.05, 3.63) is 51.3 Å². The normalized spacial score (nSPS) is 21.7. The summed E-state index contributed by atoms with van der Waals surface area (Å²) in [6.45, 7) is 2.95. The molecule has 7 nitrogen and oxygen atoms in total. The molecule has 1 aliphatic carbocycles. The lowest BCUT2D eigenvalue weighted by molar-refractivity contribution is 0.0834. The van der Waals surface area contributed by atoms with Crippen LogP contribution in [0.3, 0.4) is 0 Å². The van der Waals surface area contributed by atoms with Crippen molar-refractivity contribution in [1.82, 2.24) is 20.2 Å². The average molecular weight is 436 g/mol. The summed E-state index contributed by atoms with van der Waals surface area (Å²) >= 11 is 12.1. The van der Waals surface area contributed by atoms with Crippen molar-refractivity contribution in [2.24, 2.45) is 0 Å². The third-order valence-electron chi connectivity index (χ3n) is 5.46. The van der Waals surface area contributed by atoms with Gasteiger partial charge in [0.2, 0.25) is 5.95 Å². The first-order valence-electron chi connectivity index (χ1n) is 9.69. The lowest BCUT2D eigenvalue weighted by Gasteiger charge is -2.33. The number of carbonyl (C=O) groups excluding carboxylic acids is 1. The molecule has 154 valence electrons. The molecule has 2 heterocycles. The number of nitrogens with zero attached hydrogens (tertiary/aromatic N) is 3. The van der Waals surface area contributed by atoms with Gasteiger partial charge < -0.3 is 20.6 Å². The van der Waals surface area contributed by atoms with Gasteiger partial charge in [-0.2, -0.15) is 0 Å². The number of amides is 2. The number of nitrogens with one attached hydrogen (secondary N) is 2. The third kappa shape index (κ3) is 4.57. The predicted molar refractivity (Wildman–Crippen MR) is 112 cm³/mol. The number of rotatable bonds is 4. The van der Waals surface area contributed by atoms with E-state index in [1.807, 2.05) is 19.2 Å². The van der Waals surface area contributed by atoms with Gasteiger partial charge in [-0.1, -0.05) is 29.3 Å². The number of aliphatic hydroxyl groups is 1. The highest BCUT2D eigenvalue weighted by Gasteiger charge is 2.28. The van der Waals surface area contributed by atoms with Crippen LogP contribution in [0.2, 0.25) is 10.0 Å². The molecule has 0 radical (unpaired) electrons. The monoisotopic (exact) mass is 435 g/mol. The van der Waals surface area contributed by atoms with Crippen molar-refractivity contribution in [3.63, 3.8) is 0 Å². The number of hydrogen-bond donors (Lipinski definition) is 3. The summed E-state index contributed by atoms with van der Waals surface area (Å²) in [7, 11) is 0. The average Bonchev–Trinajstić information content (AvgIpc) is 2.68. The lowest BCUT2D eigenvalue weighted by atomic mass is 9.90. The highest BCUT2D eigenvalue weighted by molar-refractivity contribution is 6.42. The first-order chi connectivity index (χ1) is 13.9. The van der Waals surface area contributed by atoms with E-state index in [-0.39, 0.29) is 24.2 Å². The molecule has 2 amide bonds. The molecule has 9 heteroatoms. The summed E-state index contributed by atoms with van der Waals surface area (Å²) in [4.78, 5) is 23.5. The van der Waals surface area contributed by atoms with Crippen LogP contribution in [0.15, 0.2) is 24.4 Å². The maximum atomic E-state index is 12.8. The number of aliphatic hydroxyl groups excluding tert-OH is 1. The molecule has 1 aromatic heterocycles. The summed E-state index contributed by atoms with van der Waals surface area (Å²) in [5.74, 6) is 0.548. The topological polar surface area (TPSA) is 90.4 Å². The number of carbonyl (C=O) groups is 1. The van der Waals surface area contributed by atoms with E-state index in [9.17, 15) is 9.90 Å². The smallest absolute Gasteiger partial charge is 0.318 e. The van der Waals surface area contributed by atoms with Gasteiger partial charge in [0.25, 0.3) is 0 Å². The maximum absolute atomic E-state index is 12.8. The van der Waals surface area contributed by atoms with Crippen LogP contribution in [0.1, 0.15) is 42.6 Å².